The van der Waals surface area contributed by atoms with Gasteiger partial charge in [-0.3, -0.25) is 0 Å². The van der Waals surface area contributed by atoms with Crippen molar-refractivity contribution in [3.63, 3.8) is 0 Å². The lowest BCUT2D eigenvalue weighted by Crippen LogP contribution is -2.12. The third kappa shape index (κ3) is 6.94. The first-order valence-electron chi connectivity index (χ1n) is 3.65. The van der Waals surface area contributed by atoms with Crippen molar-refractivity contribution in [3.8, 4) is 0 Å². The van der Waals surface area contributed by atoms with Gasteiger partial charge in [0.2, 0.25) is 0 Å². The molecular formula is C8H17BrS. The normalized spacial score (nSPS) is 15.3. The molecule has 0 aliphatic carbocycles. The number of halogens is 1. The third-order valence-corrected chi connectivity index (χ3v) is 3.77. The summed E-state index contributed by atoms with van der Waals surface area (Å²) in [6.45, 7) is 9.06. The molecule has 0 amide bonds. The molecule has 0 bridgehead atoms. The van der Waals surface area contributed by atoms with Crippen molar-refractivity contribution in [2.24, 2.45) is 5.92 Å². The Balaban J connectivity index is 3.36. The molecule has 2 heteroatoms. The molecule has 0 spiro atoms. The van der Waals surface area contributed by atoms with E-state index in [2.05, 4.69) is 43.6 Å². The van der Waals surface area contributed by atoms with Crippen LogP contribution in [-0.4, -0.2) is 15.8 Å². The first-order valence-corrected chi connectivity index (χ1v) is 5.76. The smallest absolute Gasteiger partial charge is 0.00752 e. The van der Waals surface area contributed by atoms with E-state index >= 15 is 0 Å². The van der Waals surface area contributed by atoms with Gasteiger partial charge >= 0.3 is 0 Å². The van der Waals surface area contributed by atoms with E-state index < -0.39 is 0 Å². The molecule has 0 rings (SSSR count). The Labute approximate surface area is 77.3 Å². The highest BCUT2D eigenvalue weighted by atomic mass is 79.9. The molecule has 0 saturated carbocycles. The summed E-state index contributed by atoms with van der Waals surface area (Å²) >= 11 is 5.51. The van der Waals surface area contributed by atoms with Crippen molar-refractivity contribution in [2.75, 3.05) is 11.1 Å². The van der Waals surface area contributed by atoms with Gasteiger partial charge in [-0.25, -0.2) is 0 Å². The molecule has 0 aliphatic heterocycles. The molecule has 10 heavy (non-hydrogen) atoms. The van der Waals surface area contributed by atoms with Crippen LogP contribution >= 0.6 is 27.7 Å². The minimum Gasteiger partial charge on any atom is -0.156 e. The summed E-state index contributed by atoms with van der Waals surface area (Å²) < 4.78 is 0.427. The average molecular weight is 225 g/mol. The highest BCUT2D eigenvalue weighted by Crippen LogP contribution is 2.25. The van der Waals surface area contributed by atoms with Gasteiger partial charge in [-0.2, -0.15) is 11.8 Å². The van der Waals surface area contributed by atoms with Crippen LogP contribution in [0.1, 0.15) is 27.7 Å². The molecule has 0 saturated heterocycles. The van der Waals surface area contributed by atoms with Crippen LogP contribution in [0.25, 0.3) is 0 Å². The van der Waals surface area contributed by atoms with Crippen LogP contribution in [0.3, 0.4) is 0 Å². The molecule has 0 aromatic heterocycles. The van der Waals surface area contributed by atoms with Crippen molar-refractivity contribution in [1.29, 1.82) is 0 Å². The van der Waals surface area contributed by atoms with Crippen LogP contribution in [0, 0.1) is 5.92 Å². The maximum absolute atomic E-state index is 3.47. The molecule has 1 unspecified atom stereocenters. The summed E-state index contributed by atoms with van der Waals surface area (Å²) in [5, 5.41) is 1.12. The lowest BCUT2D eigenvalue weighted by Gasteiger charge is -2.19. The quantitative estimate of drug-likeness (QED) is 0.662. The Morgan fingerprint density at radius 2 is 1.90 bits per heavy atom. The second-order valence-electron chi connectivity index (χ2n) is 3.68. The summed E-state index contributed by atoms with van der Waals surface area (Å²) in [5.41, 5.74) is 0. The Morgan fingerprint density at radius 3 is 2.20 bits per heavy atom. The third-order valence-electron chi connectivity index (χ3n) is 1.06. The topological polar surface area (TPSA) is 0 Å². The summed E-state index contributed by atoms with van der Waals surface area (Å²) in [6, 6.07) is 0. The van der Waals surface area contributed by atoms with Crippen molar-refractivity contribution < 1.29 is 0 Å². The van der Waals surface area contributed by atoms with Gasteiger partial charge in [-0.1, -0.05) is 43.6 Å². The van der Waals surface area contributed by atoms with Gasteiger partial charge in [-0.05, 0) is 11.7 Å². The Hall–Kier alpha value is 0.830. The lowest BCUT2D eigenvalue weighted by atomic mass is 10.2. The maximum Gasteiger partial charge on any atom is 0.00752 e. The molecule has 0 heterocycles. The van der Waals surface area contributed by atoms with Crippen LogP contribution in [-0.2, 0) is 0 Å². The standard InChI is InChI=1S/C8H17BrS/c1-7(5-9)6-10-8(2,3)4/h7H,5-6H2,1-4H3. The Kier molecular flexibility index (Phi) is 5.04. The Bertz CT molecular complexity index is 85.7. The van der Waals surface area contributed by atoms with Crippen molar-refractivity contribution in [1.82, 2.24) is 0 Å². The van der Waals surface area contributed by atoms with E-state index in [4.69, 9.17) is 0 Å². The molecule has 0 aromatic carbocycles. The fraction of sp³-hybridized carbons (Fsp3) is 1.00. The van der Waals surface area contributed by atoms with Crippen LogP contribution in [0.15, 0.2) is 0 Å². The van der Waals surface area contributed by atoms with E-state index in [0.717, 1.165) is 11.2 Å². The van der Waals surface area contributed by atoms with Gasteiger partial charge in [0.1, 0.15) is 0 Å². The van der Waals surface area contributed by atoms with Gasteiger partial charge in [0.25, 0.3) is 0 Å². The molecular weight excluding hydrogens is 208 g/mol. The van der Waals surface area contributed by atoms with Gasteiger partial charge in [0.05, 0.1) is 0 Å². The van der Waals surface area contributed by atoms with Crippen LogP contribution < -0.4 is 0 Å². The molecule has 0 radical (unpaired) electrons. The van der Waals surface area contributed by atoms with Crippen molar-refractivity contribution in [3.05, 3.63) is 0 Å². The zero-order valence-electron chi connectivity index (χ0n) is 7.28. The largest absolute Gasteiger partial charge is 0.156 e. The number of hydrogen-bond acceptors (Lipinski definition) is 1. The van der Waals surface area contributed by atoms with Gasteiger partial charge in [0.15, 0.2) is 0 Å². The van der Waals surface area contributed by atoms with Crippen LogP contribution in [0.2, 0.25) is 0 Å². The number of thioether (sulfide) groups is 1. The van der Waals surface area contributed by atoms with Crippen molar-refractivity contribution in [2.45, 2.75) is 32.4 Å². The van der Waals surface area contributed by atoms with E-state index in [9.17, 15) is 0 Å². The second kappa shape index (κ2) is 4.66. The average Bonchev–Trinajstić information content (AvgIpc) is 1.81. The summed E-state index contributed by atoms with van der Waals surface area (Å²) in [7, 11) is 0. The predicted molar refractivity (Wildman–Crippen MR) is 55.2 cm³/mol. The van der Waals surface area contributed by atoms with Gasteiger partial charge < -0.3 is 0 Å². The number of rotatable bonds is 3. The van der Waals surface area contributed by atoms with Gasteiger partial charge in [0, 0.05) is 10.1 Å². The fourth-order valence-corrected chi connectivity index (χ4v) is 1.87. The first-order chi connectivity index (χ1) is 4.45. The minimum absolute atomic E-state index is 0.427. The molecule has 0 N–H and O–H groups in total. The van der Waals surface area contributed by atoms with E-state index in [1.807, 2.05) is 11.8 Å². The first kappa shape index (κ1) is 10.8. The zero-order chi connectivity index (χ0) is 8.20. The summed E-state index contributed by atoms with van der Waals surface area (Å²) in [4.78, 5) is 0. The zero-order valence-corrected chi connectivity index (χ0v) is 9.68. The molecule has 1 atom stereocenters. The molecule has 0 fully saturated rings. The summed E-state index contributed by atoms with van der Waals surface area (Å²) in [6.07, 6.45) is 0. The molecule has 0 aromatic rings. The molecule has 62 valence electrons. The number of alkyl halides is 1. The van der Waals surface area contributed by atoms with E-state index in [1.165, 1.54) is 5.75 Å². The Morgan fingerprint density at radius 1 is 1.40 bits per heavy atom. The predicted octanol–water partition coefficient (Wildman–Crippen LogP) is 3.55. The van der Waals surface area contributed by atoms with E-state index in [0.29, 0.717) is 4.75 Å². The maximum atomic E-state index is 3.47. The second-order valence-corrected chi connectivity index (χ2v) is 6.18. The van der Waals surface area contributed by atoms with Crippen LogP contribution in [0.5, 0.6) is 0 Å². The fourth-order valence-electron chi connectivity index (χ4n) is 0.437. The van der Waals surface area contributed by atoms with E-state index in [-0.39, 0.29) is 0 Å². The SMILES string of the molecule is CC(CBr)CSC(C)(C)C. The van der Waals surface area contributed by atoms with Crippen LogP contribution in [0.4, 0.5) is 0 Å². The number of hydrogen-bond donors (Lipinski definition) is 0. The summed E-state index contributed by atoms with van der Waals surface area (Å²) in [5.74, 6) is 2.05. The lowest BCUT2D eigenvalue weighted by molar-refractivity contribution is 0.746. The molecule has 0 nitrogen and oxygen atoms in total. The highest BCUT2D eigenvalue weighted by Gasteiger charge is 2.11. The minimum atomic E-state index is 0.427. The monoisotopic (exact) mass is 224 g/mol. The van der Waals surface area contributed by atoms with E-state index in [1.54, 1.807) is 0 Å². The van der Waals surface area contributed by atoms with Crippen molar-refractivity contribution >= 4 is 27.7 Å². The highest BCUT2D eigenvalue weighted by molar-refractivity contribution is 9.09. The molecule has 0 aliphatic rings. The van der Waals surface area contributed by atoms with Gasteiger partial charge in [-0.15, -0.1) is 0 Å².